The molecule has 2 aliphatic heterocycles. The molecule has 7 nitrogen and oxygen atoms in total. The van der Waals surface area contributed by atoms with E-state index >= 15 is 0 Å². The van der Waals surface area contributed by atoms with E-state index in [4.69, 9.17) is 0 Å². The van der Waals surface area contributed by atoms with Crippen molar-refractivity contribution in [3.63, 3.8) is 0 Å². The molecule has 1 saturated heterocycles. The molecule has 1 aromatic rings. The SMILES string of the molecule is CNC1CCCN(CC(=O)N2CCc3ccc([N+](=O)[O-])cc32)C1.Cl. The second-order valence-electron chi connectivity index (χ2n) is 6.23. The van der Waals surface area contributed by atoms with Crippen molar-refractivity contribution < 1.29 is 9.72 Å². The third-order valence-corrected chi connectivity index (χ3v) is 4.75. The van der Waals surface area contributed by atoms with Crippen LogP contribution in [0.1, 0.15) is 18.4 Å². The van der Waals surface area contributed by atoms with Crippen molar-refractivity contribution in [1.29, 1.82) is 0 Å². The van der Waals surface area contributed by atoms with E-state index in [1.54, 1.807) is 11.0 Å². The Bertz CT molecular complexity index is 625. The summed E-state index contributed by atoms with van der Waals surface area (Å²) in [6.45, 7) is 2.79. The van der Waals surface area contributed by atoms with Crippen molar-refractivity contribution in [3.05, 3.63) is 33.9 Å². The van der Waals surface area contributed by atoms with Crippen LogP contribution in [0.3, 0.4) is 0 Å². The molecule has 1 atom stereocenters. The molecule has 132 valence electrons. The molecule has 24 heavy (non-hydrogen) atoms. The number of piperidine rings is 1. The van der Waals surface area contributed by atoms with Crippen LogP contribution in [0.15, 0.2) is 18.2 Å². The number of benzene rings is 1. The maximum Gasteiger partial charge on any atom is 0.271 e. The number of likely N-dealkylation sites (tertiary alicyclic amines) is 1. The van der Waals surface area contributed by atoms with Crippen molar-refractivity contribution in [2.75, 3.05) is 38.1 Å². The minimum atomic E-state index is -0.413. The van der Waals surface area contributed by atoms with E-state index in [9.17, 15) is 14.9 Å². The fourth-order valence-corrected chi connectivity index (χ4v) is 3.45. The Balaban J connectivity index is 0.00000208. The maximum absolute atomic E-state index is 12.6. The summed E-state index contributed by atoms with van der Waals surface area (Å²) in [6, 6.07) is 5.23. The number of non-ortho nitro benzene ring substituents is 1. The number of nitro benzene ring substituents is 1. The normalized spacial score (nSPS) is 20.4. The molecule has 3 rings (SSSR count). The number of hydrogen-bond acceptors (Lipinski definition) is 5. The highest BCUT2D eigenvalue weighted by atomic mass is 35.5. The highest BCUT2D eigenvalue weighted by Gasteiger charge is 2.29. The number of nitrogens with one attached hydrogen (secondary N) is 1. The minimum Gasteiger partial charge on any atom is -0.316 e. The number of anilines is 1. The molecule has 0 spiro atoms. The van der Waals surface area contributed by atoms with Gasteiger partial charge in [-0.1, -0.05) is 6.07 Å². The van der Waals surface area contributed by atoms with Gasteiger partial charge in [-0.05, 0) is 38.4 Å². The molecule has 1 N–H and O–H groups in total. The highest BCUT2D eigenvalue weighted by molar-refractivity contribution is 5.97. The molecule has 0 saturated carbocycles. The van der Waals surface area contributed by atoms with Gasteiger partial charge in [0.25, 0.3) is 5.69 Å². The van der Waals surface area contributed by atoms with Crippen LogP contribution in [-0.4, -0.2) is 55.0 Å². The van der Waals surface area contributed by atoms with Crippen LogP contribution in [0.25, 0.3) is 0 Å². The Hall–Kier alpha value is -1.70. The number of nitrogens with zero attached hydrogens (tertiary/aromatic N) is 3. The average Bonchev–Trinajstić information content (AvgIpc) is 2.98. The van der Waals surface area contributed by atoms with E-state index in [-0.39, 0.29) is 24.0 Å². The molecule has 2 aliphatic rings. The number of amides is 1. The standard InChI is InChI=1S/C16H22N4O3.ClH/c1-17-13-3-2-7-18(10-13)11-16(21)19-8-6-12-4-5-14(20(22)23)9-15(12)19;/h4-5,9,13,17H,2-3,6-8,10-11H2,1H3;1H. The van der Waals surface area contributed by atoms with Crippen molar-refractivity contribution in [2.45, 2.75) is 25.3 Å². The van der Waals surface area contributed by atoms with E-state index in [1.807, 2.05) is 7.05 Å². The first-order chi connectivity index (χ1) is 11.1. The monoisotopic (exact) mass is 354 g/mol. The fraction of sp³-hybridized carbons (Fsp3) is 0.562. The first kappa shape index (κ1) is 18.6. The van der Waals surface area contributed by atoms with Crippen LogP contribution in [0.4, 0.5) is 11.4 Å². The lowest BCUT2D eigenvalue weighted by Gasteiger charge is -2.33. The number of fused-ring (bicyclic) bond motifs is 1. The number of halogens is 1. The number of nitro groups is 1. The van der Waals surface area contributed by atoms with Crippen LogP contribution in [-0.2, 0) is 11.2 Å². The second kappa shape index (κ2) is 7.92. The van der Waals surface area contributed by atoms with Gasteiger partial charge in [0.1, 0.15) is 0 Å². The summed E-state index contributed by atoms with van der Waals surface area (Å²) in [5.74, 6) is 0.0287. The molecule has 0 aliphatic carbocycles. The minimum absolute atomic E-state index is 0. The zero-order valence-electron chi connectivity index (χ0n) is 13.7. The molecule has 1 aromatic carbocycles. The van der Waals surface area contributed by atoms with E-state index in [0.29, 0.717) is 24.8 Å². The Morgan fingerprint density at radius 2 is 2.21 bits per heavy atom. The summed E-state index contributed by atoms with van der Waals surface area (Å²) in [6.07, 6.45) is 2.99. The average molecular weight is 355 g/mol. The molecule has 0 radical (unpaired) electrons. The summed E-state index contributed by atoms with van der Waals surface area (Å²) in [5.41, 5.74) is 1.75. The topological polar surface area (TPSA) is 78.7 Å². The molecule has 2 heterocycles. The van der Waals surface area contributed by atoms with E-state index in [0.717, 1.165) is 37.9 Å². The molecule has 1 unspecified atom stereocenters. The second-order valence-corrected chi connectivity index (χ2v) is 6.23. The summed E-state index contributed by atoms with van der Waals surface area (Å²) in [4.78, 5) is 27.1. The van der Waals surface area contributed by atoms with Gasteiger partial charge in [-0.2, -0.15) is 0 Å². The molecule has 1 fully saturated rings. The van der Waals surface area contributed by atoms with Gasteiger partial charge >= 0.3 is 0 Å². The van der Waals surface area contributed by atoms with Crippen LogP contribution >= 0.6 is 12.4 Å². The van der Waals surface area contributed by atoms with Gasteiger partial charge < -0.3 is 10.2 Å². The highest BCUT2D eigenvalue weighted by Crippen LogP contribution is 2.31. The first-order valence-electron chi connectivity index (χ1n) is 8.06. The Kier molecular flexibility index (Phi) is 6.15. The van der Waals surface area contributed by atoms with Gasteiger partial charge in [-0.25, -0.2) is 0 Å². The van der Waals surface area contributed by atoms with E-state index in [2.05, 4.69) is 10.2 Å². The third-order valence-electron chi connectivity index (χ3n) is 4.75. The first-order valence-corrected chi connectivity index (χ1v) is 8.06. The van der Waals surface area contributed by atoms with Gasteiger partial charge in [-0.3, -0.25) is 19.8 Å². The van der Waals surface area contributed by atoms with Gasteiger partial charge in [0.2, 0.25) is 5.91 Å². The number of carbonyl (C=O) groups is 1. The summed E-state index contributed by atoms with van der Waals surface area (Å²) in [7, 11) is 1.95. The van der Waals surface area contributed by atoms with Gasteiger partial charge in [0.05, 0.1) is 17.2 Å². The van der Waals surface area contributed by atoms with Crippen molar-refractivity contribution in [1.82, 2.24) is 10.2 Å². The van der Waals surface area contributed by atoms with E-state index < -0.39 is 4.92 Å². The number of likely N-dealkylation sites (N-methyl/N-ethyl adjacent to an activating group) is 1. The van der Waals surface area contributed by atoms with Crippen molar-refractivity contribution in [2.24, 2.45) is 0 Å². The van der Waals surface area contributed by atoms with E-state index in [1.165, 1.54) is 12.1 Å². The Morgan fingerprint density at radius 1 is 1.42 bits per heavy atom. The molecule has 1 amide bonds. The molecule has 0 aromatic heterocycles. The molecule has 0 bridgehead atoms. The maximum atomic E-state index is 12.6. The van der Waals surface area contributed by atoms with Crippen molar-refractivity contribution in [3.8, 4) is 0 Å². The Labute approximate surface area is 147 Å². The predicted molar refractivity (Wildman–Crippen MR) is 94.9 cm³/mol. The van der Waals surface area contributed by atoms with Crippen molar-refractivity contribution >= 4 is 29.7 Å². The van der Waals surface area contributed by atoms with Gasteiger partial charge in [0, 0.05) is 31.3 Å². The van der Waals surface area contributed by atoms with Gasteiger partial charge in [-0.15, -0.1) is 12.4 Å². The molecule has 8 heteroatoms. The number of hydrogen-bond donors (Lipinski definition) is 1. The largest absolute Gasteiger partial charge is 0.316 e. The lowest BCUT2D eigenvalue weighted by Crippen LogP contribution is -2.48. The third kappa shape index (κ3) is 3.85. The van der Waals surface area contributed by atoms with Crippen LogP contribution < -0.4 is 10.2 Å². The quantitative estimate of drug-likeness (QED) is 0.656. The zero-order valence-corrected chi connectivity index (χ0v) is 14.6. The predicted octanol–water partition coefficient (Wildman–Crippen LogP) is 1.59. The Morgan fingerprint density at radius 3 is 2.92 bits per heavy atom. The van der Waals surface area contributed by atoms with Crippen LogP contribution in [0, 0.1) is 10.1 Å². The lowest BCUT2D eigenvalue weighted by molar-refractivity contribution is -0.384. The lowest BCUT2D eigenvalue weighted by atomic mass is 10.1. The number of rotatable bonds is 4. The van der Waals surface area contributed by atoms with Gasteiger partial charge in [0.15, 0.2) is 0 Å². The number of carbonyl (C=O) groups excluding carboxylic acids is 1. The zero-order chi connectivity index (χ0) is 16.4. The summed E-state index contributed by atoms with van der Waals surface area (Å²) in [5, 5.41) is 14.2. The summed E-state index contributed by atoms with van der Waals surface area (Å²) >= 11 is 0. The smallest absolute Gasteiger partial charge is 0.271 e. The van der Waals surface area contributed by atoms with Crippen LogP contribution in [0.2, 0.25) is 0 Å². The molecular formula is C16H23ClN4O3. The summed E-state index contributed by atoms with van der Waals surface area (Å²) < 4.78 is 0. The fourth-order valence-electron chi connectivity index (χ4n) is 3.45. The van der Waals surface area contributed by atoms with Crippen LogP contribution in [0.5, 0.6) is 0 Å². The molecular weight excluding hydrogens is 332 g/mol.